The molecule has 0 aliphatic heterocycles. The summed E-state index contributed by atoms with van der Waals surface area (Å²) in [5.41, 5.74) is 1.62. The molecule has 3 N–H and O–H groups in total. The van der Waals surface area contributed by atoms with Crippen LogP contribution in [-0.2, 0) is 10.0 Å². The number of nitriles is 1. The van der Waals surface area contributed by atoms with Gasteiger partial charge in [-0.25, -0.2) is 17.9 Å². The van der Waals surface area contributed by atoms with E-state index in [1.54, 1.807) is 0 Å². The summed E-state index contributed by atoms with van der Waals surface area (Å²) < 4.78 is 38.7. The third kappa shape index (κ3) is 2.74. The zero-order valence-electron chi connectivity index (χ0n) is 14.1. The first-order chi connectivity index (χ1) is 12.8. The highest BCUT2D eigenvalue weighted by Gasteiger charge is 2.29. The predicted octanol–water partition coefficient (Wildman–Crippen LogP) is 2.79. The van der Waals surface area contributed by atoms with E-state index in [1.165, 1.54) is 18.2 Å². The van der Waals surface area contributed by atoms with Gasteiger partial charge in [0, 0.05) is 23.7 Å². The molecule has 1 saturated carbocycles. The van der Waals surface area contributed by atoms with Gasteiger partial charge in [-0.3, -0.25) is 4.98 Å². The first-order valence-corrected chi connectivity index (χ1v) is 9.81. The summed E-state index contributed by atoms with van der Waals surface area (Å²) in [5, 5.41) is 25.0. The van der Waals surface area contributed by atoms with Gasteiger partial charge in [0.25, 0.3) is 0 Å². The Kier molecular flexibility index (Phi) is 3.91. The number of phenolic OH excluding ortho intramolecular Hbond substituents is 1. The van der Waals surface area contributed by atoms with E-state index in [0.29, 0.717) is 22.3 Å². The average Bonchev–Trinajstić information content (AvgIpc) is 2.86. The fraction of sp³-hybridized carbons (Fsp3) is 0.222. The zero-order valence-corrected chi connectivity index (χ0v) is 14.9. The number of pyridine rings is 1. The van der Waals surface area contributed by atoms with Crippen LogP contribution in [0.4, 0.5) is 4.39 Å². The van der Waals surface area contributed by atoms with Crippen LogP contribution in [0.1, 0.15) is 30.9 Å². The highest BCUT2D eigenvalue weighted by molar-refractivity contribution is 7.89. The monoisotopic (exact) mass is 386 g/mol. The smallest absolute Gasteiger partial charge is 0.239 e. The molecule has 7 nitrogen and oxygen atoms in total. The number of hydrogen-bond donors (Lipinski definition) is 2. The lowest BCUT2D eigenvalue weighted by Crippen LogP contribution is -2.18. The molecule has 1 fully saturated rings. The second-order valence-corrected chi connectivity index (χ2v) is 8.10. The summed E-state index contributed by atoms with van der Waals surface area (Å²) >= 11 is 0. The maximum atomic E-state index is 13.9. The Labute approximate surface area is 154 Å². The van der Waals surface area contributed by atoms with Crippen LogP contribution < -0.4 is 5.14 Å². The molecular weight excluding hydrogens is 371 g/mol. The number of aromatic nitrogens is 2. The van der Waals surface area contributed by atoms with Gasteiger partial charge in [0.15, 0.2) is 11.6 Å². The van der Waals surface area contributed by atoms with E-state index in [0.717, 1.165) is 31.5 Å². The van der Waals surface area contributed by atoms with Crippen molar-refractivity contribution < 1.29 is 17.9 Å². The van der Waals surface area contributed by atoms with E-state index in [1.807, 2.05) is 4.57 Å². The van der Waals surface area contributed by atoms with Gasteiger partial charge in [-0.05, 0) is 37.5 Å². The van der Waals surface area contributed by atoms with Gasteiger partial charge in [-0.1, -0.05) is 0 Å². The molecule has 9 heteroatoms. The summed E-state index contributed by atoms with van der Waals surface area (Å²) in [7, 11) is -3.89. The minimum Gasteiger partial charge on any atom is -0.505 e. The molecule has 1 aromatic carbocycles. The van der Waals surface area contributed by atoms with Crippen LogP contribution in [0, 0.1) is 17.1 Å². The van der Waals surface area contributed by atoms with Crippen LogP contribution in [-0.4, -0.2) is 23.1 Å². The van der Waals surface area contributed by atoms with Gasteiger partial charge in [0.2, 0.25) is 10.0 Å². The fourth-order valence-electron chi connectivity index (χ4n) is 3.40. The van der Waals surface area contributed by atoms with E-state index in [4.69, 9.17) is 5.14 Å². The van der Waals surface area contributed by atoms with Gasteiger partial charge in [-0.2, -0.15) is 5.26 Å². The number of hydrogen-bond acceptors (Lipinski definition) is 5. The molecular formula is C18H15FN4O3S. The average molecular weight is 386 g/mol. The number of nitrogens with two attached hydrogens (primary N) is 1. The number of nitrogens with zero attached hydrogens (tertiary/aromatic N) is 3. The molecule has 1 aliphatic rings. The molecule has 0 amide bonds. The van der Waals surface area contributed by atoms with Crippen LogP contribution >= 0.6 is 0 Å². The Morgan fingerprint density at radius 2 is 2.07 bits per heavy atom. The highest BCUT2D eigenvalue weighted by Crippen LogP contribution is 2.43. The van der Waals surface area contributed by atoms with Crippen molar-refractivity contribution in [2.45, 2.75) is 30.2 Å². The van der Waals surface area contributed by atoms with Crippen molar-refractivity contribution in [3.63, 3.8) is 0 Å². The van der Waals surface area contributed by atoms with Crippen molar-refractivity contribution in [1.29, 1.82) is 5.26 Å². The number of fused-ring (bicyclic) bond motifs is 1. The molecule has 3 aromatic rings. The Morgan fingerprint density at radius 3 is 2.59 bits per heavy atom. The highest BCUT2D eigenvalue weighted by atomic mass is 32.2. The van der Waals surface area contributed by atoms with Gasteiger partial charge < -0.3 is 9.67 Å². The van der Waals surface area contributed by atoms with Gasteiger partial charge >= 0.3 is 0 Å². The molecule has 0 saturated heterocycles. The molecule has 0 bridgehead atoms. The maximum absolute atomic E-state index is 13.9. The predicted molar refractivity (Wildman–Crippen MR) is 95.8 cm³/mol. The Bertz CT molecular complexity index is 1210. The zero-order chi connectivity index (χ0) is 19.3. The van der Waals surface area contributed by atoms with E-state index in [2.05, 4.69) is 11.1 Å². The van der Waals surface area contributed by atoms with Crippen LogP contribution in [0.15, 0.2) is 35.4 Å². The second kappa shape index (κ2) is 6.04. The molecule has 0 atom stereocenters. The Hall–Kier alpha value is -2.96. The summed E-state index contributed by atoms with van der Waals surface area (Å²) in [4.78, 5) is 4.04. The quantitative estimate of drug-likeness (QED) is 0.717. The first-order valence-electron chi connectivity index (χ1n) is 8.27. The minimum atomic E-state index is -3.89. The van der Waals surface area contributed by atoms with Crippen molar-refractivity contribution in [1.82, 2.24) is 9.55 Å². The Balaban J connectivity index is 2.03. The minimum absolute atomic E-state index is 0.0918. The molecule has 27 heavy (non-hydrogen) atoms. The molecule has 0 spiro atoms. The summed E-state index contributed by atoms with van der Waals surface area (Å²) in [6, 6.07) is 7.43. The third-order valence-electron chi connectivity index (χ3n) is 4.93. The molecule has 2 aromatic heterocycles. The van der Waals surface area contributed by atoms with Crippen molar-refractivity contribution in [3.05, 3.63) is 41.8 Å². The Morgan fingerprint density at radius 1 is 1.33 bits per heavy atom. The standard InChI is InChI=1S/C18H15FN4O3S/c19-14-6-12-13(8-20)18(15-5-4-11(9-22-15)27(21,25)26)23(10-2-1-3-10)16(12)7-17(14)24/h4-7,9-10,24H,1-3H2,(H2,21,25,26). The van der Waals surface area contributed by atoms with E-state index >= 15 is 0 Å². The van der Waals surface area contributed by atoms with Crippen molar-refractivity contribution >= 4 is 20.9 Å². The summed E-state index contributed by atoms with van der Waals surface area (Å²) in [5.74, 6) is -1.30. The number of sulfonamides is 1. The fourth-order valence-corrected chi connectivity index (χ4v) is 3.85. The normalized spacial score (nSPS) is 14.9. The number of aromatic hydroxyl groups is 1. The third-order valence-corrected chi connectivity index (χ3v) is 5.83. The van der Waals surface area contributed by atoms with E-state index in [-0.39, 0.29) is 16.5 Å². The molecule has 2 heterocycles. The van der Waals surface area contributed by atoms with Gasteiger partial charge in [0.05, 0.1) is 22.5 Å². The van der Waals surface area contributed by atoms with Crippen LogP contribution in [0.25, 0.3) is 22.3 Å². The lowest BCUT2D eigenvalue weighted by molar-refractivity contribution is 0.323. The topological polar surface area (TPSA) is 122 Å². The molecule has 1 aliphatic carbocycles. The first kappa shape index (κ1) is 17.5. The number of phenols is 1. The van der Waals surface area contributed by atoms with Crippen molar-refractivity contribution in [3.8, 4) is 23.2 Å². The van der Waals surface area contributed by atoms with E-state index in [9.17, 15) is 23.2 Å². The summed E-state index contributed by atoms with van der Waals surface area (Å²) in [6.07, 6.45) is 3.92. The van der Waals surface area contributed by atoms with Crippen LogP contribution in [0.5, 0.6) is 5.75 Å². The van der Waals surface area contributed by atoms with Crippen LogP contribution in [0.2, 0.25) is 0 Å². The SMILES string of the molecule is N#Cc1c(-c2ccc(S(N)(=O)=O)cn2)n(C2CCC2)c2cc(O)c(F)cc12. The number of primary sulfonamides is 1. The second-order valence-electron chi connectivity index (χ2n) is 6.54. The van der Waals surface area contributed by atoms with Gasteiger partial charge in [0.1, 0.15) is 11.0 Å². The van der Waals surface area contributed by atoms with E-state index < -0.39 is 21.6 Å². The van der Waals surface area contributed by atoms with Crippen molar-refractivity contribution in [2.75, 3.05) is 0 Å². The molecule has 0 unspecified atom stereocenters. The molecule has 138 valence electrons. The number of rotatable bonds is 3. The summed E-state index contributed by atoms with van der Waals surface area (Å²) in [6.45, 7) is 0. The maximum Gasteiger partial charge on any atom is 0.239 e. The van der Waals surface area contributed by atoms with Crippen LogP contribution in [0.3, 0.4) is 0 Å². The molecule has 0 radical (unpaired) electrons. The largest absolute Gasteiger partial charge is 0.505 e. The number of halogens is 1. The lowest BCUT2D eigenvalue weighted by atomic mass is 9.92. The lowest BCUT2D eigenvalue weighted by Gasteiger charge is -2.30. The number of benzene rings is 1. The molecule has 4 rings (SSSR count). The van der Waals surface area contributed by atoms with Crippen molar-refractivity contribution in [2.24, 2.45) is 5.14 Å². The van der Waals surface area contributed by atoms with Gasteiger partial charge in [-0.15, -0.1) is 0 Å².